The van der Waals surface area contributed by atoms with Gasteiger partial charge in [-0.2, -0.15) is 0 Å². The molecule has 5 rings (SSSR count). The van der Waals surface area contributed by atoms with Crippen LogP contribution in [0.1, 0.15) is 27.2 Å². The number of amides is 2. The highest BCUT2D eigenvalue weighted by molar-refractivity contribution is 5.76. The highest BCUT2D eigenvalue weighted by Crippen LogP contribution is 2.40. The van der Waals surface area contributed by atoms with Crippen LogP contribution in [0.4, 0.5) is 0 Å². The summed E-state index contributed by atoms with van der Waals surface area (Å²) in [7, 11) is 0. The number of nitrogens with one attached hydrogen (secondary N) is 2. The molecule has 0 spiro atoms. The van der Waals surface area contributed by atoms with E-state index in [-0.39, 0.29) is 0 Å². The van der Waals surface area contributed by atoms with Gasteiger partial charge in [-0.3, -0.25) is 9.59 Å². The van der Waals surface area contributed by atoms with Gasteiger partial charge in [0.1, 0.15) is 110 Å². The second-order valence-electron chi connectivity index (χ2n) is 16.8. The van der Waals surface area contributed by atoms with E-state index in [0.717, 1.165) is 13.8 Å². The van der Waals surface area contributed by atoms with Gasteiger partial charge in [0.05, 0.1) is 44.7 Å². The Bertz CT molecular complexity index is 1640. The van der Waals surface area contributed by atoms with Crippen LogP contribution >= 0.6 is 0 Å². The number of hydrogen-bond acceptors (Lipinski definition) is 27. The summed E-state index contributed by atoms with van der Waals surface area (Å²) in [6, 6.07) is -3.46. The van der Waals surface area contributed by atoms with Gasteiger partial charge in [-0.1, -0.05) is 0 Å². The third-order valence-electron chi connectivity index (χ3n) is 12.1. The fraction of sp³-hybridized carbons (Fsp3) is 0.919. The predicted octanol–water partition coefficient (Wildman–Crippen LogP) is -11.4. The first-order chi connectivity index (χ1) is 31.4. The molecule has 26 atom stereocenters. The Morgan fingerprint density at radius 2 is 1.15 bits per heavy atom. The minimum atomic E-state index is -3.20. The lowest BCUT2D eigenvalue weighted by Gasteiger charge is -2.52. The molecule has 388 valence electrons. The maximum atomic E-state index is 13.0. The molecule has 0 radical (unpaired) electrons. The molecular formula is C37H62N2O28. The maximum absolute atomic E-state index is 13.0. The molecule has 5 aliphatic heterocycles. The van der Waals surface area contributed by atoms with Crippen molar-refractivity contribution in [3.05, 3.63) is 0 Å². The van der Waals surface area contributed by atoms with Crippen LogP contribution in [0.25, 0.3) is 0 Å². The first kappa shape index (κ1) is 55.4. The van der Waals surface area contributed by atoms with Crippen molar-refractivity contribution >= 4 is 17.8 Å². The molecule has 2 amide bonds. The van der Waals surface area contributed by atoms with Crippen LogP contribution in [0.5, 0.6) is 0 Å². The minimum Gasteiger partial charge on any atom is -0.477 e. The Morgan fingerprint density at radius 3 is 1.72 bits per heavy atom. The Hall–Kier alpha value is -2.55. The third kappa shape index (κ3) is 11.8. The van der Waals surface area contributed by atoms with Gasteiger partial charge in [0.25, 0.3) is 5.79 Å². The van der Waals surface area contributed by atoms with Gasteiger partial charge in [0.2, 0.25) is 11.8 Å². The van der Waals surface area contributed by atoms with E-state index in [1.165, 1.54) is 6.92 Å². The first-order valence-electron chi connectivity index (χ1n) is 21.1. The Balaban J connectivity index is 1.55. The number of ether oxygens (including phenoxy) is 9. The molecule has 0 aromatic rings. The van der Waals surface area contributed by atoms with Gasteiger partial charge in [-0.05, 0) is 6.92 Å². The van der Waals surface area contributed by atoms with Gasteiger partial charge in [-0.15, -0.1) is 0 Å². The monoisotopic (exact) mass is 982 g/mol. The van der Waals surface area contributed by atoms with E-state index in [1.807, 2.05) is 0 Å². The molecule has 5 fully saturated rings. The van der Waals surface area contributed by atoms with E-state index in [9.17, 15) is 96.1 Å². The molecule has 30 nitrogen and oxygen atoms in total. The molecule has 0 aliphatic carbocycles. The standard InChI is InChI=1S/C37H62N2O28/c1-9-19(48)22(51)25(54)34(59-9)65-30-18(39-11(3)45)33(63-27-15(7-42)60-32(56)24(53)23(27)52)62-16(8-43)28(30)64-35-26(55)31(21(50)14(6-41)61-35)67-37(36(57)58)4-12(46)17(38-10(2)44)29(66-37)20(49)13(47)5-40/h9,12-35,40-43,46-56H,4-8H2,1-3H3,(H,38,44)(H,39,45)(H,57,58)/t9-,12-,13+,14+,15+,16+,17+,18+,19+,20+,21-,22+,23+,24+,25-,26+,27-,28+,29+,30+,31-,32+,33-,34-,35-,37-/m0/s1. The maximum Gasteiger partial charge on any atom is 0.364 e. The highest BCUT2D eigenvalue weighted by atomic mass is 16.8. The van der Waals surface area contributed by atoms with Crippen LogP contribution in [-0.4, -0.2) is 285 Å². The van der Waals surface area contributed by atoms with Crippen molar-refractivity contribution in [2.45, 2.75) is 186 Å². The van der Waals surface area contributed by atoms with Gasteiger partial charge < -0.3 is 135 Å². The number of aliphatic hydroxyl groups is 15. The number of carbonyl (C=O) groups is 3. The number of carboxylic acid groups (broad SMARTS) is 1. The topological polar surface area (TPSA) is 482 Å². The summed E-state index contributed by atoms with van der Waals surface area (Å²) in [5.74, 6) is -6.96. The summed E-state index contributed by atoms with van der Waals surface area (Å²) >= 11 is 0. The normalized spacial score (nSPS) is 47.1. The van der Waals surface area contributed by atoms with Crippen molar-refractivity contribution in [3.8, 4) is 0 Å². The average Bonchev–Trinajstić information content (AvgIpc) is 3.28. The van der Waals surface area contributed by atoms with Crippen LogP contribution in [0.2, 0.25) is 0 Å². The quantitative estimate of drug-likeness (QED) is 0.0643. The molecule has 30 heteroatoms. The zero-order chi connectivity index (χ0) is 50.0. The van der Waals surface area contributed by atoms with E-state index in [1.54, 1.807) is 0 Å². The second kappa shape index (κ2) is 23.1. The molecule has 5 heterocycles. The molecule has 5 saturated heterocycles. The van der Waals surface area contributed by atoms with E-state index < -0.39 is 210 Å². The lowest BCUT2D eigenvalue weighted by molar-refractivity contribution is -0.396. The van der Waals surface area contributed by atoms with Crippen molar-refractivity contribution < 1.29 is 139 Å². The van der Waals surface area contributed by atoms with Crippen molar-refractivity contribution in [1.82, 2.24) is 10.6 Å². The first-order valence-corrected chi connectivity index (χ1v) is 21.1. The summed E-state index contributed by atoms with van der Waals surface area (Å²) in [4.78, 5) is 37.9. The number of aliphatic hydroxyl groups excluding tert-OH is 15. The van der Waals surface area contributed by atoms with Crippen molar-refractivity contribution in [2.24, 2.45) is 0 Å². The van der Waals surface area contributed by atoms with Gasteiger partial charge in [0, 0.05) is 20.3 Å². The van der Waals surface area contributed by atoms with Gasteiger partial charge >= 0.3 is 5.97 Å². The Labute approximate surface area is 379 Å². The fourth-order valence-electron chi connectivity index (χ4n) is 8.48. The number of aliphatic carboxylic acids is 1. The molecular weight excluding hydrogens is 920 g/mol. The second-order valence-corrected chi connectivity index (χ2v) is 16.8. The number of hydrogen-bond donors (Lipinski definition) is 18. The van der Waals surface area contributed by atoms with Crippen molar-refractivity contribution in [2.75, 3.05) is 26.4 Å². The lowest BCUT2D eigenvalue weighted by Crippen LogP contribution is -2.72. The third-order valence-corrected chi connectivity index (χ3v) is 12.1. The van der Waals surface area contributed by atoms with Crippen LogP contribution in [-0.2, 0) is 57.0 Å². The molecule has 0 saturated carbocycles. The number of carbonyl (C=O) groups excluding carboxylic acids is 2. The summed E-state index contributed by atoms with van der Waals surface area (Å²) in [6.07, 6.45) is -46.5. The van der Waals surface area contributed by atoms with E-state index in [0.29, 0.717) is 0 Å². The van der Waals surface area contributed by atoms with E-state index in [2.05, 4.69) is 10.6 Å². The molecule has 0 aromatic heterocycles. The van der Waals surface area contributed by atoms with Gasteiger partial charge in [0.15, 0.2) is 25.2 Å². The summed E-state index contributed by atoms with van der Waals surface area (Å²) in [5, 5.41) is 175. The Morgan fingerprint density at radius 1 is 0.612 bits per heavy atom. The Kier molecular flexibility index (Phi) is 19.1. The van der Waals surface area contributed by atoms with Crippen molar-refractivity contribution in [1.29, 1.82) is 0 Å². The van der Waals surface area contributed by atoms with Gasteiger partial charge in [-0.25, -0.2) is 4.79 Å². The highest BCUT2D eigenvalue weighted by Gasteiger charge is 2.61. The average molecular weight is 983 g/mol. The number of rotatable bonds is 17. The fourth-order valence-corrected chi connectivity index (χ4v) is 8.48. The van der Waals surface area contributed by atoms with E-state index in [4.69, 9.17) is 42.6 Å². The molecule has 0 bridgehead atoms. The summed E-state index contributed by atoms with van der Waals surface area (Å²) in [5.41, 5.74) is 0. The molecule has 5 aliphatic rings. The SMILES string of the molecule is CC(=O)N[C@H]1[C@H](O[C@@H]2[C@H](O)[C@@H](O)[C@H](O)O[C@@H]2CO)O[C@H](CO)[C@@H](O[C@@H]2O[C@H](CO)[C@H](O)[C@H](O[C@]3(C(=O)O)C[C@H](O)[C@@H](NC(C)=O)[C@H]([C@H](O)[C@H](O)CO)O3)[C@H]2O)[C@@H]1O[C@@H]1O[C@@H](C)[C@@H](O)[C@@H](O)[C@@H]1O. The lowest BCUT2D eigenvalue weighted by atomic mass is 9.88. The zero-order valence-corrected chi connectivity index (χ0v) is 36.0. The number of carboxylic acids is 1. The van der Waals surface area contributed by atoms with E-state index >= 15 is 0 Å². The minimum absolute atomic E-state index is 0.816. The molecule has 0 aromatic carbocycles. The van der Waals surface area contributed by atoms with Crippen LogP contribution < -0.4 is 10.6 Å². The predicted molar refractivity (Wildman–Crippen MR) is 206 cm³/mol. The van der Waals surface area contributed by atoms with Crippen molar-refractivity contribution in [3.63, 3.8) is 0 Å². The largest absolute Gasteiger partial charge is 0.477 e. The van der Waals surface area contributed by atoms with Crippen LogP contribution in [0.15, 0.2) is 0 Å². The zero-order valence-electron chi connectivity index (χ0n) is 36.0. The molecule has 0 unspecified atom stereocenters. The summed E-state index contributed by atoms with van der Waals surface area (Å²) in [6.45, 7) is -1.03. The summed E-state index contributed by atoms with van der Waals surface area (Å²) < 4.78 is 52.0. The van der Waals surface area contributed by atoms with Crippen LogP contribution in [0.3, 0.4) is 0 Å². The molecule has 67 heavy (non-hydrogen) atoms. The molecule has 18 N–H and O–H groups in total. The van der Waals surface area contributed by atoms with Crippen LogP contribution in [0, 0.1) is 0 Å². The smallest absolute Gasteiger partial charge is 0.364 e.